The Hall–Kier alpha value is -3.57. The maximum atomic E-state index is 13.7. The molecule has 1 amide bonds. The average Bonchev–Trinajstić information content (AvgIpc) is 3.13. The van der Waals surface area contributed by atoms with Gasteiger partial charge in [0.1, 0.15) is 11.3 Å². The van der Waals surface area contributed by atoms with Gasteiger partial charge in [0.25, 0.3) is 5.91 Å². The summed E-state index contributed by atoms with van der Waals surface area (Å²) in [7, 11) is 0. The summed E-state index contributed by atoms with van der Waals surface area (Å²) in [5.74, 6) is 0.442. The predicted octanol–water partition coefficient (Wildman–Crippen LogP) is 6.68. The van der Waals surface area contributed by atoms with Crippen LogP contribution in [0.1, 0.15) is 53.1 Å². The second kappa shape index (κ2) is 8.99. The third-order valence-electron chi connectivity index (χ3n) is 6.07. The summed E-state index contributed by atoms with van der Waals surface area (Å²) in [5.41, 5.74) is 2.86. The smallest absolute Gasteiger partial charge is 0.295 e. The molecule has 6 heteroatoms. The van der Waals surface area contributed by atoms with Gasteiger partial charge in [-0.05, 0) is 61.4 Å². The molecule has 3 aromatic carbocycles. The molecule has 1 aromatic heterocycles. The van der Waals surface area contributed by atoms with Gasteiger partial charge in [-0.1, -0.05) is 54.8 Å². The highest BCUT2D eigenvalue weighted by molar-refractivity contribution is 6.31. The monoisotopic (exact) mass is 473 g/mol. The Kier molecular flexibility index (Phi) is 5.88. The molecule has 5 nitrogen and oxygen atoms in total. The van der Waals surface area contributed by atoms with E-state index in [0.717, 1.165) is 29.7 Å². The fraction of sp³-hybridized carbons (Fsp3) is 0.214. The standard InChI is InChI=1S/C28H24ClNO4/c1-3-4-14-33-21-11-9-18(10-12-21)25-24-26(31)22-15-17(2)8-13-23(22)34-27(24)28(32)30(25)20-7-5-6-19(29)16-20/h5-13,15-16,25H,3-4,14H2,1-2H3. The van der Waals surface area contributed by atoms with Crippen molar-refractivity contribution >= 4 is 34.2 Å². The Bertz CT molecular complexity index is 1440. The van der Waals surface area contributed by atoms with Crippen LogP contribution >= 0.6 is 11.6 Å². The van der Waals surface area contributed by atoms with E-state index in [0.29, 0.717) is 33.8 Å². The lowest BCUT2D eigenvalue weighted by Crippen LogP contribution is -2.29. The number of anilines is 1. The van der Waals surface area contributed by atoms with E-state index in [1.165, 1.54) is 0 Å². The minimum absolute atomic E-state index is 0.0644. The van der Waals surface area contributed by atoms with Gasteiger partial charge in [-0.3, -0.25) is 14.5 Å². The van der Waals surface area contributed by atoms with Gasteiger partial charge in [-0.2, -0.15) is 0 Å². The minimum atomic E-state index is -0.646. The summed E-state index contributed by atoms with van der Waals surface area (Å²) in [6.07, 6.45) is 2.03. The van der Waals surface area contributed by atoms with Crippen LogP contribution in [-0.4, -0.2) is 12.5 Å². The predicted molar refractivity (Wildman–Crippen MR) is 134 cm³/mol. The van der Waals surface area contributed by atoms with Gasteiger partial charge in [0.2, 0.25) is 5.76 Å². The molecule has 0 N–H and O–H groups in total. The maximum absolute atomic E-state index is 13.7. The Morgan fingerprint density at radius 1 is 1.03 bits per heavy atom. The molecule has 0 fully saturated rings. The lowest BCUT2D eigenvalue weighted by molar-refractivity contribution is 0.0971. The van der Waals surface area contributed by atoms with Gasteiger partial charge in [0, 0.05) is 10.7 Å². The van der Waals surface area contributed by atoms with E-state index in [4.69, 9.17) is 20.8 Å². The number of carbonyl (C=O) groups excluding carboxylic acids is 1. The van der Waals surface area contributed by atoms with E-state index in [1.54, 1.807) is 41.3 Å². The number of unbranched alkanes of at least 4 members (excludes halogenated alkanes) is 1. The molecule has 1 atom stereocenters. The average molecular weight is 474 g/mol. The first kappa shape index (κ1) is 22.2. The molecule has 0 radical (unpaired) electrons. The summed E-state index contributed by atoms with van der Waals surface area (Å²) in [5, 5.41) is 0.962. The van der Waals surface area contributed by atoms with Gasteiger partial charge in [0.15, 0.2) is 5.43 Å². The second-order valence-electron chi connectivity index (χ2n) is 8.50. The number of halogens is 1. The summed E-state index contributed by atoms with van der Waals surface area (Å²) in [6, 6.07) is 19.3. The summed E-state index contributed by atoms with van der Waals surface area (Å²) >= 11 is 6.25. The molecule has 1 unspecified atom stereocenters. The van der Waals surface area contributed by atoms with E-state index < -0.39 is 6.04 Å². The number of nitrogens with zero attached hydrogens (tertiary/aromatic N) is 1. The molecule has 0 saturated carbocycles. The number of carbonyl (C=O) groups is 1. The van der Waals surface area contributed by atoms with Crippen LogP contribution in [0.4, 0.5) is 5.69 Å². The van der Waals surface area contributed by atoms with Crippen LogP contribution in [0.15, 0.2) is 75.9 Å². The van der Waals surface area contributed by atoms with Crippen molar-refractivity contribution in [2.45, 2.75) is 32.7 Å². The SMILES string of the molecule is CCCCOc1ccc(C2c3c(oc4ccc(C)cc4c3=O)C(=O)N2c2cccc(Cl)c2)cc1. The van der Waals surface area contributed by atoms with Gasteiger partial charge < -0.3 is 9.15 Å². The van der Waals surface area contributed by atoms with Gasteiger partial charge >= 0.3 is 0 Å². The van der Waals surface area contributed by atoms with Crippen molar-refractivity contribution in [1.82, 2.24) is 0 Å². The van der Waals surface area contributed by atoms with E-state index in [-0.39, 0.29) is 17.1 Å². The maximum Gasteiger partial charge on any atom is 0.295 e. The number of amides is 1. The first-order valence-electron chi connectivity index (χ1n) is 11.4. The van der Waals surface area contributed by atoms with Crippen molar-refractivity contribution in [1.29, 1.82) is 0 Å². The van der Waals surface area contributed by atoms with Crippen molar-refractivity contribution in [3.63, 3.8) is 0 Å². The normalized spacial score (nSPS) is 15.1. The van der Waals surface area contributed by atoms with Crippen molar-refractivity contribution in [2.24, 2.45) is 0 Å². The molecule has 172 valence electrons. The highest BCUT2D eigenvalue weighted by Gasteiger charge is 2.43. The van der Waals surface area contributed by atoms with Crippen LogP contribution < -0.4 is 15.1 Å². The Morgan fingerprint density at radius 3 is 2.56 bits per heavy atom. The van der Waals surface area contributed by atoms with Crippen molar-refractivity contribution < 1.29 is 13.9 Å². The number of rotatable bonds is 6. The minimum Gasteiger partial charge on any atom is -0.494 e. The Balaban J connectivity index is 1.68. The number of hydrogen-bond donors (Lipinski definition) is 0. The van der Waals surface area contributed by atoms with E-state index in [9.17, 15) is 9.59 Å². The summed E-state index contributed by atoms with van der Waals surface area (Å²) in [4.78, 5) is 28.9. The lowest BCUT2D eigenvalue weighted by Gasteiger charge is -2.25. The summed E-state index contributed by atoms with van der Waals surface area (Å²) < 4.78 is 11.8. The first-order chi connectivity index (χ1) is 16.5. The zero-order valence-corrected chi connectivity index (χ0v) is 19.8. The number of ether oxygens (including phenoxy) is 1. The number of hydrogen-bond acceptors (Lipinski definition) is 4. The van der Waals surface area contributed by atoms with Gasteiger partial charge in [-0.25, -0.2) is 0 Å². The van der Waals surface area contributed by atoms with Crippen molar-refractivity contribution in [3.05, 3.63) is 104 Å². The largest absolute Gasteiger partial charge is 0.494 e. The van der Waals surface area contributed by atoms with Crippen LogP contribution in [0.25, 0.3) is 11.0 Å². The number of aryl methyl sites for hydroxylation is 1. The lowest BCUT2D eigenvalue weighted by atomic mass is 9.98. The zero-order chi connectivity index (χ0) is 23.8. The van der Waals surface area contributed by atoms with Crippen LogP contribution in [0, 0.1) is 6.92 Å². The second-order valence-corrected chi connectivity index (χ2v) is 8.94. The third-order valence-corrected chi connectivity index (χ3v) is 6.31. The van der Waals surface area contributed by atoms with Crippen LogP contribution in [-0.2, 0) is 0 Å². The number of benzene rings is 3. The molecule has 4 aromatic rings. The fourth-order valence-electron chi connectivity index (χ4n) is 4.38. The summed E-state index contributed by atoms with van der Waals surface area (Å²) in [6.45, 7) is 4.68. The number of fused-ring (bicyclic) bond motifs is 2. The molecular formula is C28H24ClNO4. The van der Waals surface area contributed by atoms with Gasteiger partial charge in [-0.15, -0.1) is 0 Å². The Morgan fingerprint density at radius 2 is 1.82 bits per heavy atom. The first-order valence-corrected chi connectivity index (χ1v) is 11.7. The molecule has 0 saturated heterocycles. The molecule has 1 aliphatic heterocycles. The highest BCUT2D eigenvalue weighted by Crippen LogP contribution is 2.42. The topological polar surface area (TPSA) is 59.8 Å². The third kappa shape index (κ3) is 3.86. The van der Waals surface area contributed by atoms with Crippen molar-refractivity contribution in [3.8, 4) is 5.75 Å². The molecule has 2 heterocycles. The highest BCUT2D eigenvalue weighted by atomic mass is 35.5. The Labute approximate surface area is 202 Å². The zero-order valence-electron chi connectivity index (χ0n) is 19.0. The molecular weight excluding hydrogens is 450 g/mol. The molecule has 5 rings (SSSR count). The molecule has 34 heavy (non-hydrogen) atoms. The van der Waals surface area contributed by atoms with E-state index in [2.05, 4.69) is 6.92 Å². The quantitative estimate of drug-likeness (QED) is 0.293. The van der Waals surface area contributed by atoms with Crippen LogP contribution in [0.3, 0.4) is 0 Å². The molecule has 0 bridgehead atoms. The van der Waals surface area contributed by atoms with E-state index >= 15 is 0 Å². The van der Waals surface area contributed by atoms with Gasteiger partial charge in [0.05, 0.1) is 23.6 Å². The van der Waals surface area contributed by atoms with E-state index in [1.807, 2.05) is 37.3 Å². The molecule has 0 spiro atoms. The van der Waals surface area contributed by atoms with Crippen LogP contribution in [0.5, 0.6) is 5.75 Å². The fourth-order valence-corrected chi connectivity index (χ4v) is 4.56. The molecule has 0 aliphatic carbocycles. The molecule has 1 aliphatic rings. The van der Waals surface area contributed by atoms with Crippen LogP contribution in [0.2, 0.25) is 5.02 Å². The van der Waals surface area contributed by atoms with Crippen molar-refractivity contribution in [2.75, 3.05) is 11.5 Å².